The van der Waals surface area contributed by atoms with Crippen molar-refractivity contribution in [3.8, 4) is 0 Å². The quantitative estimate of drug-likeness (QED) is 0.767. The molecule has 0 amide bonds. The minimum Gasteiger partial charge on any atom is -0.475 e. The van der Waals surface area contributed by atoms with Gasteiger partial charge in [0.2, 0.25) is 5.76 Å². The Bertz CT molecular complexity index is 348. The first kappa shape index (κ1) is 9.51. The van der Waals surface area contributed by atoms with Crippen LogP contribution in [0.25, 0.3) is 0 Å². The van der Waals surface area contributed by atoms with E-state index in [9.17, 15) is 9.59 Å². The Morgan fingerprint density at radius 1 is 1.54 bits per heavy atom. The number of aromatic carboxylic acids is 1. The summed E-state index contributed by atoms with van der Waals surface area (Å²) in [5, 5.41) is 8.58. The SMILES string of the molecule is CC(=O)Cc1oc(C(=O)O)cc1C. The molecule has 4 nitrogen and oxygen atoms in total. The third-order valence-corrected chi connectivity index (χ3v) is 1.64. The molecule has 0 unspecified atom stereocenters. The van der Waals surface area contributed by atoms with E-state index in [0.29, 0.717) is 11.3 Å². The number of rotatable bonds is 3. The molecule has 1 aromatic heterocycles. The van der Waals surface area contributed by atoms with Crippen LogP contribution in [0.4, 0.5) is 0 Å². The van der Waals surface area contributed by atoms with E-state index in [1.54, 1.807) is 6.92 Å². The highest BCUT2D eigenvalue weighted by atomic mass is 16.4. The van der Waals surface area contributed by atoms with Crippen LogP contribution in [0.3, 0.4) is 0 Å². The topological polar surface area (TPSA) is 67.5 Å². The van der Waals surface area contributed by atoms with E-state index < -0.39 is 5.97 Å². The number of carbonyl (C=O) groups is 2. The Hall–Kier alpha value is -1.58. The molecule has 0 saturated heterocycles. The second kappa shape index (κ2) is 3.43. The monoisotopic (exact) mass is 182 g/mol. The van der Waals surface area contributed by atoms with Crippen molar-refractivity contribution in [2.75, 3.05) is 0 Å². The second-order valence-electron chi connectivity index (χ2n) is 2.90. The highest BCUT2D eigenvalue weighted by Gasteiger charge is 2.13. The summed E-state index contributed by atoms with van der Waals surface area (Å²) in [5.74, 6) is -0.842. The van der Waals surface area contributed by atoms with Crippen LogP contribution in [0.5, 0.6) is 0 Å². The predicted octanol–water partition coefficient (Wildman–Crippen LogP) is 1.42. The molecule has 0 aliphatic carbocycles. The number of hydrogen-bond donors (Lipinski definition) is 1. The summed E-state index contributed by atoms with van der Waals surface area (Å²) in [6.07, 6.45) is 0.152. The lowest BCUT2D eigenvalue weighted by atomic mass is 10.2. The van der Waals surface area contributed by atoms with Gasteiger partial charge in [-0.3, -0.25) is 4.79 Å². The molecule has 1 N–H and O–H groups in total. The molecule has 4 heteroatoms. The van der Waals surface area contributed by atoms with Gasteiger partial charge in [-0.25, -0.2) is 4.79 Å². The van der Waals surface area contributed by atoms with E-state index in [1.165, 1.54) is 13.0 Å². The first-order valence-electron chi connectivity index (χ1n) is 3.82. The third-order valence-electron chi connectivity index (χ3n) is 1.64. The van der Waals surface area contributed by atoms with Crippen LogP contribution in [0.15, 0.2) is 10.5 Å². The lowest BCUT2D eigenvalue weighted by Gasteiger charge is -1.92. The number of Topliss-reactive ketones (excluding diaryl/α,β-unsaturated/α-hetero) is 1. The fourth-order valence-electron chi connectivity index (χ4n) is 1.03. The Kier molecular flexibility index (Phi) is 2.51. The van der Waals surface area contributed by atoms with Crippen LogP contribution in [-0.4, -0.2) is 16.9 Å². The van der Waals surface area contributed by atoms with Crippen molar-refractivity contribution in [3.05, 3.63) is 23.2 Å². The molecule has 1 heterocycles. The Balaban J connectivity index is 2.96. The van der Waals surface area contributed by atoms with Crippen molar-refractivity contribution >= 4 is 11.8 Å². The lowest BCUT2D eigenvalue weighted by molar-refractivity contribution is -0.116. The highest BCUT2D eigenvalue weighted by molar-refractivity contribution is 5.85. The van der Waals surface area contributed by atoms with Gasteiger partial charge in [-0.2, -0.15) is 0 Å². The molecule has 1 aromatic rings. The lowest BCUT2D eigenvalue weighted by Crippen LogP contribution is -1.96. The van der Waals surface area contributed by atoms with E-state index in [-0.39, 0.29) is 18.0 Å². The number of carboxylic acids is 1. The first-order chi connectivity index (χ1) is 6.00. The van der Waals surface area contributed by atoms with Gasteiger partial charge in [0, 0.05) is 0 Å². The fraction of sp³-hybridized carbons (Fsp3) is 0.333. The summed E-state index contributed by atoms with van der Waals surface area (Å²) in [5.41, 5.74) is 0.701. The van der Waals surface area contributed by atoms with Gasteiger partial charge >= 0.3 is 5.97 Å². The number of hydrogen-bond acceptors (Lipinski definition) is 3. The molecule has 0 radical (unpaired) electrons. The summed E-state index contributed by atoms with van der Waals surface area (Å²) >= 11 is 0. The van der Waals surface area contributed by atoms with Gasteiger partial charge in [0.1, 0.15) is 11.5 Å². The number of furan rings is 1. The summed E-state index contributed by atoms with van der Waals surface area (Å²) in [6.45, 7) is 3.15. The van der Waals surface area contributed by atoms with Gasteiger partial charge < -0.3 is 9.52 Å². The van der Waals surface area contributed by atoms with Crippen LogP contribution >= 0.6 is 0 Å². The van der Waals surface area contributed by atoms with Crippen LogP contribution in [-0.2, 0) is 11.2 Å². The molecule has 0 bridgehead atoms. The zero-order valence-corrected chi connectivity index (χ0v) is 7.46. The van der Waals surface area contributed by atoms with E-state index in [4.69, 9.17) is 9.52 Å². The number of ketones is 1. The summed E-state index contributed by atoms with van der Waals surface area (Å²) < 4.78 is 4.97. The molecule has 0 aliphatic heterocycles. The smallest absolute Gasteiger partial charge is 0.371 e. The van der Waals surface area contributed by atoms with Gasteiger partial charge in [0.05, 0.1) is 6.42 Å². The summed E-state index contributed by atoms with van der Waals surface area (Å²) in [4.78, 5) is 21.2. The maximum Gasteiger partial charge on any atom is 0.371 e. The summed E-state index contributed by atoms with van der Waals surface area (Å²) in [7, 11) is 0. The maximum absolute atomic E-state index is 10.7. The van der Waals surface area contributed by atoms with E-state index in [1.807, 2.05) is 0 Å². The van der Waals surface area contributed by atoms with Crippen LogP contribution in [0.1, 0.15) is 28.8 Å². The normalized spacial score (nSPS) is 10.0. The molecule has 13 heavy (non-hydrogen) atoms. The number of carboxylic acid groups (broad SMARTS) is 1. The number of aryl methyl sites for hydroxylation is 1. The Labute approximate surface area is 75.2 Å². The average Bonchev–Trinajstić information content (AvgIpc) is 2.31. The van der Waals surface area contributed by atoms with Crippen molar-refractivity contribution < 1.29 is 19.1 Å². The third kappa shape index (κ3) is 2.18. The molecular weight excluding hydrogens is 172 g/mol. The van der Waals surface area contributed by atoms with Crippen LogP contribution < -0.4 is 0 Å². The fourth-order valence-corrected chi connectivity index (χ4v) is 1.03. The van der Waals surface area contributed by atoms with Crippen molar-refractivity contribution in [2.45, 2.75) is 20.3 Å². The second-order valence-corrected chi connectivity index (χ2v) is 2.90. The van der Waals surface area contributed by atoms with Gasteiger partial charge in [0.25, 0.3) is 0 Å². The Morgan fingerprint density at radius 2 is 2.15 bits per heavy atom. The van der Waals surface area contributed by atoms with Gasteiger partial charge in [0.15, 0.2) is 0 Å². The zero-order valence-electron chi connectivity index (χ0n) is 7.46. The minimum absolute atomic E-state index is 0.0469. The van der Waals surface area contributed by atoms with Gasteiger partial charge in [-0.05, 0) is 25.5 Å². The molecule has 0 spiro atoms. The molecule has 0 fully saturated rings. The van der Waals surface area contributed by atoms with Crippen molar-refractivity contribution in [2.24, 2.45) is 0 Å². The Morgan fingerprint density at radius 3 is 2.54 bits per heavy atom. The molecule has 0 atom stereocenters. The van der Waals surface area contributed by atoms with Gasteiger partial charge in [-0.15, -0.1) is 0 Å². The standard InChI is InChI=1S/C9H10O4/c1-5-3-8(9(11)12)13-7(5)4-6(2)10/h3H,4H2,1-2H3,(H,11,12). The van der Waals surface area contributed by atoms with E-state index in [2.05, 4.69) is 0 Å². The molecule has 0 aliphatic rings. The minimum atomic E-state index is -1.11. The average molecular weight is 182 g/mol. The molecule has 0 saturated carbocycles. The van der Waals surface area contributed by atoms with Crippen LogP contribution in [0.2, 0.25) is 0 Å². The molecule has 1 rings (SSSR count). The summed E-state index contributed by atoms with van der Waals surface area (Å²) in [6, 6.07) is 1.42. The van der Waals surface area contributed by atoms with E-state index in [0.717, 1.165) is 0 Å². The van der Waals surface area contributed by atoms with E-state index >= 15 is 0 Å². The number of carbonyl (C=O) groups excluding carboxylic acids is 1. The van der Waals surface area contributed by atoms with Gasteiger partial charge in [-0.1, -0.05) is 0 Å². The van der Waals surface area contributed by atoms with Crippen molar-refractivity contribution in [3.63, 3.8) is 0 Å². The predicted molar refractivity (Wildman–Crippen MR) is 44.8 cm³/mol. The zero-order chi connectivity index (χ0) is 10.0. The highest BCUT2D eigenvalue weighted by Crippen LogP contribution is 2.15. The van der Waals surface area contributed by atoms with Crippen LogP contribution in [0, 0.1) is 6.92 Å². The van der Waals surface area contributed by atoms with Crippen molar-refractivity contribution in [1.29, 1.82) is 0 Å². The first-order valence-corrected chi connectivity index (χ1v) is 3.82. The maximum atomic E-state index is 10.7. The molecular formula is C9H10O4. The van der Waals surface area contributed by atoms with Crippen molar-refractivity contribution in [1.82, 2.24) is 0 Å². The largest absolute Gasteiger partial charge is 0.475 e. The molecule has 0 aromatic carbocycles. The molecule has 70 valence electrons.